The molecule has 1 aromatic rings. The van der Waals surface area contributed by atoms with Crippen molar-refractivity contribution >= 4 is 11.7 Å². The lowest BCUT2D eigenvalue weighted by atomic mass is 10.3. The molecule has 0 unspecified atom stereocenters. The Bertz CT molecular complexity index is 370. The molecule has 0 bridgehead atoms. The predicted molar refractivity (Wildman–Crippen MR) is 63.1 cm³/mol. The number of para-hydroxylation sites is 1. The fourth-order valence-electron chi connectivity index (χ4n) is 1.36. The summed E-state index contributed by atoms with van der Waals surface area (Å²) in [4.78, 5) is 13.3. The van der Waals surface area contributed by atoms with Crippen molar-refractivity contribution in [2.75, 3.05) is 18.0 Å². The topological polar surface area (TPSA) is 56.1 Å². The van der Waals surface area contributed by atoms with Crippen LogP contribution in [0.4, 0.5) is 10.5 Å². The van der Waals surface area contributed by atoms with E-state index in [1.807, 2.05) is 43.3 Å². The second-order valence-electron chi connectivity index (χ2n) is 3.23. The number of amides is 2. The summed E-state index contributed by atoms with van der Waals surface area (Å²) in [6.45, 7) is 2.85. The van der Waals surface area contributed by atoms with Gasteiger partial charge in [-0.2, -0.15) is 5.26 Å². The molecule has 4 nitrogen and oxygen atoms in total. The predicted octanol–water partition coefficient (Wildman–Crippen LogP) is 2.14. The Kier molecular flexibility index (Phi) is 4.87. The van der Waals surface area contributed by atoms with Gasteiger partial charge in [-0.15, -0.1) is 0 Å². The number of nitriles is 1. The van der Waals surface area contributed by atoms with Gasteiger partial charge in [0, 0.05) is 18.8 Å². The van der Waals surface area contributed by atoms with Gasteiger partial charge in [0.2, 0.25) is 0 Å². The molecular formula is C12H15N3O. The van der Waals surface area contributed by atoms with Crippen molar-refractivity contribution in [3.05, 3.63) is 30.3 Å². The minimum absolute atomic E-state index is 0.163. The molecule has 0 aliphatic carbocycles. The van der Waals surface area contributed by atoms with Gasteiger partial charge >= 0.3 is 6.03 Å². The van der Waals surface area contributed by atoms with Crippen LogP contribution in [0.25, 0.3) is 0 Å². The molecule has 0 heterocycles. The monoisotopic (exact) mass is 217 g/mol. The molecule has 4 heteroatoms. The lowest BCUT2D eigenvalue weighted by Gasteiger charge is -2.21. The standard InChI is InChI=1S/C12H15N3O/c1-2-14-12(16)15(10-6-9-13)11-7-4-3-5-8-11/h3-5,7-8H,2,6,10H2,1H3,(H,14,16). The number of benzene rings is 1. The zero-order valence-corrected chi connectivity index (χ0v) is 9.31. The Morgan fingerprint density at radius 2 is 2.12 bits per heavy atom. The number of urea groups is 1. The van der Waals surface area contributed by atoms with Crippen LogP contribution in [0.3, 0.4) is 0 Å². The van der Waals surface area contributed by atoms with Crippen molar-refractivity contribution < 1.29 is 4.79 Å². The minimum Gasteiger partial charge on any atom is -0.338 e. The number of carbonyl (C=O) groups excluding carboxylic acids is 1. The molecule has 0 radical (unpaired) electrons. The van der Waals surface area contributed by atoms with Gasteiger partial charge in [0.1, 0.15) is 0 Å². The Morgan fingerprint density at radius 1 is 1.44 bits per heavy atom. The highest BCUT2D eigenvalue weighted by Gasteiger charge is 2.13. The number of anilines is 1. The van der Waals surface area contributed by atoms with Crippen LogP contribution in [0.2, 0.25) is 0 Å². The normalized spacial score (nSPS) is 9.25. The summed E-state index contributed by atoms with van der Waals surface area (Å²) in [5, 5.41) is 11.3. The van der Waals surface area contributed by atoms with Crippen LogP contribution in [0.1, 0.15) is 13.3 Å². The second-order valence-corrected chi connectivity index (χ2v) is 3.23. The molecule has 0 atom stereocenters. The molecule has 0 spiro atoms. The quantitative estimate of drug-likeness (QED) is 0.840. The van der Waals surface area contributed by atoms with Gasteiger partial charge in [-0.1, -0.05) is 18.2 Å². The third-order valence-corrected chi connectivity index (χ3v) is 2.09. The largest absolute Gasteiger partial charge is 0.338 e. The maximum absolute atomic E-state index is 11.8. The molecule has 0 aromatic heterocycles. The van der Waals surface area contributed by atoms with Crippen LogP contribution in [0, 0.1) is 11.3 Å². The highest BCUT2D eigenvalue weighted by molar-refractivity contribution is 5.91. The van der Waals surface area contributed by atoms with Gasteiger partial charge in [0.05, 0.1) is 12.5 Å². The third kappa shape index (κ3) is 3.28. The SMILES string of the molecule is CCNC(=O)N(CCC#N)c1ccccc1. The fourth-order valence-corrected chi connectivity index (χ4v) is 1.36. The van der Waals surface area contributed by atoms with E-state index in [1.54, 1.807) is 4.90 Å². The van der Waals surface area contributed by atoms with Crippen molar-refractivity contribution in [2.45, 2.75) is 13.3 Å². The van der Waals surface area contributed by atoms with E-state index in [0.717, 1.165) is 5.69 Å². The first-order valence-electron chi connectivity index (χ1n) is 5.27. The fraction of sp³-hybridized carbons (Fsp3) is 0.333. The van der Waals surface area contributed by atoms with E-state index >= 15 is 0 Å². The number of nitrogens with one attached hydrogen (secondary N) is 1. The maximum Gasteiger partial charge on any atom is 0.321 e. The Morgan fingerprint density at radius 3 is 2.69 bits per heavy atom. The zero-order valence-electron chi connectivity index (χ0n) is 9.31. The van der Waals surface area contributed by atoms with Crippen LogP contribution in [-0.2, 0) is 0 Å². The van der Waals surface area contributed by atoms with Crippen molar-refractivity contribution in [1.29, 1.82) is 5.26 Å². The molecule has 0 fully saturated rings. The number of rotatable bonds is 4. The summed E-state index contributed by atoms with van der Waals surface area (Å²) in [5.41, 5.74) is 0.809. The number of hydrogen-bond donors (Lipinski definition) is 1. The van der Waals surface area contributed by atoms with Crippen LogP contribution in [-0.4, -0.2) is 19.1 Å². The number of nitrogens with zero attached hydrogens (tertiary/aromatic N) is 2. The molecule has 0 aliphatic rings. The van der Waals surface area contributed by atoms with E-state index in [4.69, 9.17) is 5.26 Å². The second kappa shape index (κ2) is 6.46. The van der Waals surface area contributed by atoms with Gasteiger partial charge in [-0.05, 0) is 19.1 Å². The third-order valence-electron chi connectivity index (χ3n) is 2.09. The lowest BCUT2D eigenvalue weighted by molar-refractivity contribution is 0.247. The maximum atomic E-state index is 11.8. The average Bonchev–Trinajstić information content (AvgIpc) is 2.31. The lowest BCUT2D eigenvalue weighted by Crippen LogP contribution is -2.40. The minimum atomic E-state index is -0.163. The first-order valence-corrected chi connectivity index (χ1v) is 5.27. The molecule has 0 aliphatic heterocycles. The van der Waals surface area contributed by atoms with Crippen LogP contribution in [0.15, 0.2) is 30.3 Å². The average molecular weight is 217 g/mol. The van der Waals surface area contributed by atoms with Gasteiger partial charge < -0.3 is 5.32 Å². The summed E-state index contributed by atoms with van der Waals surface area (Å²) < 4.78 is 0. The van der Waals surface area contributed by atoms with Crippen molar-refractivity contribution in [2.24, 2.45) is 0 Å². The van der Waals surface area contributed by atoms with E-state index < -0.39 is 0 Å². The van der Waals surface area contributed by atoms with Crippen LogP contribution < -0.4 is 10.2 Å². The number of hydrogen-bond acceptors (Lipinski definition) is 2. The molecule has 1 N–H and O–H groups in total. The zero-order chi connectivity index (χ0) is 11.8. The Labute approximate surface area is 95.5 Å². The van der Waals surface area contributed by atoms with E-state index in [1.165, 1.54) is 0 Å². The molecular weight excluding hydrogens is 202 g/mol. The summed E-state index contributed by atoms with van der Waals surface area (Å²) in [6, 6.07) is 11.2. The molecule has 0 saturated heterocycles. The van der Waals surface area contributed by atoms with Gasteiger partial charge in [0.25, 0.3) is 0 Å². The van der Waals surface area contributed by atoms with Crippen molar-refractivity contribution in [1.82, 2.24) is 5.32 Å². The van der Waals surface area contributed by atoms with E-state index in [-0.39, 0.29) is 6.03 Å². The molecule has 1 rings (SSSR count). The summed E-state index contributed by atoms with van der Waals surface area (Å²) >= 11 is 0. The highest BCUT2D eigenvalue weighted by Crippen LogP contribution is 2.13. The Hall–Kier alpha value is -2.02. The van der Waals surface area contributed by atoms with Gasteiger partial charge in [0.15, 0.2) is 0 Å². The Balaban J connectivity index is 2.79. The van der Waals surface area contributed by atoms with Crippen LogP contribution in [0.5, 0.6) is 0 Å². The smallest absolute Gasteiger partial charge is 0.321 e. The molecule has 1 aromatic carbocycles. The molecule has 84 valence electrons. The summed E-state index contributed by atoms with van der Waals surface area (Å²) in [6.07, 6.45) is 0.325. The van der Waals surface area contributed by atoms with Crippen molar-refractivity contribution in [3.63, 3.8) is 0 Å². The number of carbonyl (C=O) groups is 1. The molecule has 2 amide bonds. The van der Waals surface area contributed by atoms with E-state index in [0.29, 0.717) is 19.5 Å². The first kappa shape index (κ1) is 12.1. The van der Waals surface area contributed by atoms with Gasteiger partial charge in [-0.3, -0.25) is 4.90 Å². The van der Waals surface area contributed by atoms with Crippen molar-refractivity contribution in [3.8, 4) is 6.07 Å². The highest BCUT2D eigenvalue weighted by atomic mass is 16.2. The van der Waals surface area contributed by atoms with Crippen LogP contribution >= 0.6 is 0 Å². The summed E-state index contributed by atoms with van der Waals surface area (Å²) in [7, 11) is 0. The first-order chi connectivity index (χ1) is 7.79. The molecule has 16 heavy (non-hydrogen) atoms. The van der Waals surface area contributed by atoms with E-state index in [2.05, 4.69) is 5.32 Å². The molecule has 0 saturated carbocycles. The van der Waals surface area contributed by atoms with Gasteiger partial charge in [-0.25, -0.2) is 4.79 Å². The summed E-state index contributed by atoms with van der Waals surface area (Å²) in [5.74, 6) is 0. The van der Waals surface area contributed by atoms with E-state index in [9.17, 15) is 4.79 Å².